The number of non-ortho nitro benzene ring substituents is 2. The van der Waals surface area contributed by atoms with E-state index in [1.54, 1.807) is 73.9 Å². The van der Waals surface area contributed by atoms with Crippen molar-refractivity contribution in [3.05, 3.63) is 210 Å². The lowest BCUT2D eigenvalue weighted by atomic mass is 10.2. The zero-order valence-electron chi connectivity index (χ0n) is 37.6. The minimum atomic E-state index is -1.09. The first-order chi connectivity index (χ1) is 35.1. The Labute approximate surface area is 426 Å². The van der Waals surface area contributed by atoms with Gasteiger partial charge in [0.2, 0.25) is 17.7 Å². The molecule has 0 bridgehead atoms. The Balaban J connectivity index is 0.000000134. The second kappa shape index (κ2) is 22.1. The van der Waals surface area contributed by atoms with Crippen molar-refractivity contribution in [1.29, 1.82) is 0 Å². The number of rotatable bonds is 8. The number of para-hydroxylation sites is 3. The molecule has 0 atom stereocenters. The Bertz CT molecular complexity index is 3750. The summed E-state index contributed by atoms with van der Waals surface area (Å²) in [6.07, 6.45) is 1.58. The van der Waals surface area contributed by atoms with E-state index in [0.717, 1.165) is 28.8 Å². The van der Waals surface area contributed by atoms with Gasteiger partial charge in [0.25, 0.3) is 17.3 Å². The first-order valence-corrected chi connectivity index (χ1v) is 22.4. The molecule has 1 amide bonds. The maximum atomic E-state index is 12.2. The van der Waals surface area contributed by atoms with Crippen LogP contribution >= 0.6 is 34.8 Å². The van der Waals surface area contributed by atoms with Gasteiger partial charge < -0.3 is 29.4 Å². The number of nitrogens with two attached hydrogens (primary N) is 1. The van der Waals surface area contributed by atoms with Crippen LogP contribution in [0.5, 0.6) is 0 Å². The minimum Gasteiger partial charge on any atom is -0.478 e. The molecule has 0 spiro atoms. The molecule has 0 aliphatic rings. The molecular formula is C51H34Cl3N9O10. The predicted octanol–water partition coefficient (Wildman–Crippen LogP) is 13.2. The first-order valence-electron chi connectivity index (χ1n) is 21.2. The molecule has 4 N–H and O–H groups in total. The number of hydrogen-bond acceptors (Lipinski definition) is 14. The molecule has 0 unspecified atom stereocenters. The van der Waals surface area contributed by atoms with E-state index < -0.39 is 15.8 Å². The van der Waals surface area contributed by atoms with Crippen LogP contribution in [-0.2, 0) is 7.05 Å². The van der Waals surface area contributed by atoms with Crippen molar-refractivity contribution in [1.82, 2.24) is 24.7 Å². The maximum absolute atomic E-state index is 12.2. The van der Waals surface area contributed by atoms with E-state index in [-0.39, 0.29) is 22.8 Å². The molecule has 0 aliphatic carbocycles. The highest BCUT2D eigenvalue weighted by Crippen LogP contribution is 2.32. The molecule has 0 fully saturated rings. The molecule has 7 aromatic carbocycles. The summed E-state index contributed by atoms with van der Waals surface area (Å²) in [5.74, 6) is 0.102. The van der Waals surface area contributed by atoms with E-state index in [4.69, 9.17) is 58.9 Å². The number of aromatic nitrogens is 5. The number of benzene rings is 7. The van der Waals surface area contributed by atoms with Gasteiger partial charge in [-0.1, -0.05) is 53.0 Å². The third-order valence-electron chi connectivity index (χ3n) is 10.4. The number of aryl methyl sites for hydroxylation is 1. The number of nitrogen functional groups attached to an aromatic ring is 1. The third-order valence-corrected chi connectivity index (χ3v) is 11.2. The van der Waals surface area contributed by atoms with E-state index in [0.29, 0.717) is 83.2 Å². The fourth-order valence-electron chi connectivity index (χ4n) is 6.68. The third kappa shape index (κ3) is 12.0. The summed E-state index contributed by atoms with van der Waals surface area (Å²) < 4.78 is 18.5. The first kappa shape index (κ1) is 50.0. The number of aromatic carboxylic acids is 1. The molecule has 11 aromatic rings. The van der Waals surface area contributed by atoms with Crippen molar-refractivity contribution in [3.63, 3.8) is 0 Å². The Morgan fingerprint density at radius 1 is 0.575 bits per heavy atom. The molecule has 19 nitrogen and oxygen atoms in total. The average molecular weight is 1040 g/mol. The van der Waals surface area contributed by atoms with Crippen molar-refractivity contribution >= 4 is 103 Å². The second-order valence-electron chi connectivity index (χ2n) is 15.2. The van der Waals surface area contributed by atoms with Crippen LogP contribution in [0.15, 0.2) is 177 Å². The molecule has 11 rings (SSSR count). The monoisotopic (exact) mass is 1040 g/mol. The fraction of sp³-hybridized carbons (Fsp3) is 0.0196. The Hall–Kier alpha value is -9.43. The van der Waals surface area contributed by atoms with Gasteiger partial charge >= 0.3 is 5.97 Å². The van der Waals surface area contributed by atoms with Gasteiger partial charge in [-0.15, -0.1) is 0 Å². The van der Waals surface area contributed by atoms with Crippen molar-refractivity contribution in [2.24, 2.45) is 7.05 Å². The number of nitrogens with one attached hydrogen (secondary N) is 1. The summed E-state index contributed by atoms with van der Waals surface area (Å²) in [5.41, 5.74) is 13.6. The Kier molecular flexibility index (Phi) is 15.1. The number of carboxylic acid groups (broad SMARTS) is 1. The Morgan fingerprint density at radius 2 is 0.959 bits per heavy atom. The molecule has 0 radical (unpaired) electrons. The number of nitro benzene ring substituents is 2. The van der Waals surface area contributed by atoms with Crippen LogP contribution in [0.1, 0.15) is 20.8 Å². The van der Waals surface area contributed by atoms with E-state index in [1.807, 2.05) is 60.7 Å². The number of carbonyl (C=O) groups is 2. The second-order valence-corrected chi connectivity index (χ2v) is 16.4. The lowest BCUT2D eigenvalue weighted by Gasteiger charge is -2.05. The van der Waals surface area contributed by atoms with Gasteiger partial charge in [0.05, 0.1) is 30.5 Å². The summed E-state index contributed by atoms with van der Waals surface area (Å²) in [6, 6.07) is 43.2. The molecule has 4 heterocycles. The highest BCUT2D eigenvalue weighted by molar-refractivity contribution is 6.35. The SMILES string of the molecule is Cn1nccc1C(=O)Nc1ccc(-c2nc3cccc(Cl)c3o2)cc1.Nc1ccc(-c2nc3cccc(Cl)c3o2)cc1.O=C(O)c1ccc([N+](=O)[O-])cc1.O=[N+]([O-])c1ccc(-c2nc3cccc(Cl)c3o2)cc1. The van der Waals surface area contributed by atoms with Gasteiger partial charge in [-0.2, -0.15) is 5.10 Å². The van der Waals surface area contributed by atoms with Crippen molar-refractivity contribution < 1.29 is 37.8 Å². The smallest absolute Gasteiger partial charge is 0.335 e. The summed E-state index contributed by atoms with van der Waals surface area (Å²) in [6.45, 7) is 0. The van der Waals surface area contributed by atoms with Crippen LogP contribution in [0.2, 0.25) is 15.1 Å². The van der Waals surface area contributed by atoms with Gasteiger partial charge in [0.1, 0.15) is 22.2 Å². The van der Waals surface area contributed by atoms with Crippen LogP contribution in [0.3, 0.4) is 0 Å². The molecular weight excluding hydrogens is 1000 g/mol. The number of anilines is 2. The summed E-state index contributed by atoms with van der Waals surface area (Å²) in [7, 11) is 1.72. The van der Waals surface area contributed by atoms with E-state index in [9.17, 15) is 29.8 Å². The van der Waals surface area contributed by atoms with Gasteiger partial charge in [-0.3, -0.25) is 29.7 Å². The Morgan fingerprint density at radius 3 is 1.32 bits per heavy atom. The van der Waals surface area contributed by atoms with Crippen molar-refractivity contribution in [3.8, 4) is 34.4 Å². The molecule has 4 aromatic heterocycles. The number of amides is 1. The van der Waals surface area contributed by atoms with Crippen LogP contribution in [0.4, 0.5) is 22.7 Å². The molecule has 73 heavy (non-hydrogen) atoms. The number of oxazole rings is 3. The number of nitro groups is 2. The number of carboxylic acids is 1. The number of fused-ring (bicyclic) bond motifs is 3. The number of hydrogen-bond donors (Lipinski definition) is 3. The average Bonchev–Trinajstić information content (AvgIpc) is 4.22. The van der Waals surface area contributed by atoms with Crippen molar-refractivity contribution in [2.75, 3.05) is 11.1 Å². The van der Waals surface area contributed by atoms with Gasteiger partial charge in [-0.05, 0) is 115 Å². The quantitative estimate of drug-likeness (QED) is 0.0725. The summed E-state index contributed by atoms with van der Waals surface area (Å²) in [5, 5.41) is 37.6. The van der Waals surface area contributed by atoms with Gasteiger partial charge in [-0.25, -0.2) is 19.7 Å². The molecule has 22 heteroatoms. The minimum absolute atomic E-state index is 0.0258. The highest BCUT2D eigenvalue weighted by Gasteiger charge is 2.15. The molecule has 364 valence electrons. The lowest BCUT2D eigenvalue weighted by molar-refractivity contribution is -0.385. The normalized spacial score (nSPS) is 10.6. The standard InChI is InChI=1S/C18H13ClN4O2.C13H7ClN2O3.C13H9ClN2O.C7H5NO4/c1-23-15(9-10-20-23)17(24)21-12-7-5-11(6-8-12)18-22-14-4-2-3-13(19)16(14)25-18;14-10-2-1-3-11-12(10)19-13(15-11)8-4-6-9(7-5-8)16(17)18;14-10-2-1-3-11-12(10)17-13(16-11)8-4-6-9(15)7-5-8;9-7(10)5-1-3-6(4-2-5)8(11)12/h2-10H,1H3,(H,21,24);1-7H;1-7H,15H2;1-4H,(H,9,10). The largest absolute Gasteiger partial charge is 0.478 e. The van der Waals surface area contributed by atoms with Crippen LogP contribution in [-0.4, -0.2) is 51.6 Å². The van der Waals surface area contributed by atoms with E-state index in [2.05, 4.69) is 25.4 Å². The van der Waals surface area contributed by atoms with Crippen LogP contribution in [0, 0.1) is 20.2 Å². The molecule has 0 saturated carbocycles. The van der Waals surface area contributed by atoms with E-state index in [1.165, 1.54) is 28.9 Å². The number of halogens is 3. The highest BCUT2D eigenvalue weighted by atomic mass is 35.5. The number of nitrogens with zero attached hydrogens (tertiary/aromatic N) is 7. The van der Waals surface area contributed by atoms with Gasteiger partial charge in [0.15, 0.2) is 16.7 Å². The van der Waals surface area contributed by atoms with Crippen molar-refractivity contribution in [2.45, 2.75) is 0 Å². The topological polar surface area (TPSA) is 275 Å². The lowest BCUT2D eigenvalue weighted by Crippen LogP contribution is -2.15. The summed E-state index contributed by atoms with van der Waals surface area (Å²) in [4.78, 5) is 55.3. The zero-order valence-corrected chi connectivity index (χ0v) is 39.8. The van der Waals surface area contributed by atoms with Crippen LogP contribution in [0.25, 0.3) is 67.7 Å². The molecule has 0 saturated heterocycles. The zero-order chi connectivity index (χ0) is 51.8. The fourth-order valence-corrected chi connectivity index (χ4v) is 7.31. The predicted molar refractivity (Wildman–Crippen MR) is 276 cm³/mol. The summed E-state index contributed by atoms with van der Waals surface area (Å²) >= 11 is 18.1. The number of carbonyl (C=O) groups excluding carboxylic acids is 1. The van der Waals surface area contributed by atoms with Crippen LogP contribution < -0.4 is 11.1 Å². The maximum Gasteiger partial charge on any atom is 0.335 e. The van der Waals surface area contributed by atoms with E-state index >= 15 is 0 Å². The van der Waals surface area contributed by atoms with Gasteiger partial charge in [0, 0.05) is 65.6 Å². The molecule has 0 aliphatic heterocycles.